The van der Waals surface area contributed by atoms with Crippen LogP contribution >= 0.6 is 27.5 Å². The lowest BCUT2D eigenvalue weighted by Gasteiger charge is -2.27. The van der Waals surface area contributed by atoms with E-state index in [1.165, 1.54) is 4.90 Å². The second-order valence-corrected chi connectivity index (χ2v) is 9.03. The molecule has 3 aromatic rings. The summed E-state index contributed by atoms with van der Waals surface area (Å²) in [6.07, 6.45) is 1.10. The number of nitrogens with one attached hydrogen (secondary N) is 1. The third-order valence-electron chi connectivity index (χ3n) is 5.53. The molecule has 3 aromatic carbocycles. The summed E-state index contributed by atoms with van der Waals surface area (Å²) in [4.78, 5) is 27.9. The summed E-state index contributed by atoms with van der Waals surface area (Å²) >= 11 is 9.54. The molecule has 1 heterocycles. The van der Waals surface area contributed by atoms with Crippen molar-refractivity contribution >= 4 is 39.5 Å². The molecule has 1 N–H and O–H groups in total. The molecular formula is C25H22BrClN2O2. The summed E-state index contributed by atoms with van der Waals surface area (Å²) in [5, 5.41) is 3.50. The number of amides is 3. The van der Waals surface area contributed by atoms with Crippen LogP contribution in [0.2, 0.25) is 5.02 Å². The van der Waals surface area contributed by atoms with Crippen molar-refractivity contribution in [1.29, 1.82) is 0 Å². The van der Waals surface area contributed by atoms with Gasteiger partial charge in [0.15, 0.2) is 0 Å². The molecule has 3 amide bonds. The number of carbonyl (C=O) groups excluding carboxylic acids is 2. The summed E-state index contributed by atoms with van der Waals surface area (Å²) in [6.45, 7) is 0.450. The Morgan fingerprint density at radius 1 is 1.03 bits per heavy atom. The van der Waals surface area contributed by atoms with Crippen molar-refractivity contribution in [2.75, 3.05) is 6.54 Å². The number of hydrogen-bond acceptors (Lipinski definition) is 2. The number of nitrogens with zero attached hydrogens (tertiary/aromatic N) is 1. The minimum atomic E-state index is -0.485. The third-order valence-corrected chi connectivity index (χ3v) is 6.27. The lowest BCUT2D eigenvalue weighted by Crippen LogP contribution is -2.43. The largest absolute Gasteiger partial charge is 0.336 e. The zero-order valence-corrected chi connectivity index (χ0v) is 19.1. The molecule has 6 heteroatoms. The van der Waals surface area contributed by atoms with Crippen LogP contribution in [0.5, 0.6) is 0 Å². The molecule has 4 rings (SSSR count). The van der Waals surface area contributed by atoms with E-state index in [1.807, 2.05) is 78.9 Å². The van der Waals surface area contributed by atoms with Gasteiger partial charge in [-0.3, -0.25) is 9.69 Å². The number of imide groups is 1. The Morgan fingerprint density at radius 2 is 1.77 bits per heavy atom. The van der Waals surface area contributed by atoms with Crippen molar-refractivity contribution < 1.29 is 9.59 Å². The average Bonchev–Trinajstić information content (AvgIpc) is 3.13. The van der Waals surface area contributed by atoms with Gasteiger partial charge in [0.05, 0.1) is 12.0 Å². The van der Waals surface area contributed by atoms with Crippen LogP contribution in [0.4, 0.5) is 4.79 Å². The normalized spacial score (nSPS) is 16.8. The number of carbonyl (C=O) groups is 2. The zero-order valence-electron chi connectivity index (χ0n) is 16.8. The minimum absolute atomic E-state index is 0.191. The molecule has 2 atom stereocenters. The molecule has 31 heavy (non-hydrogen) atoms. The molecule has 0 spiro atoms. The Bertz CT molecular complexity index is 1070. The molecule has 1 aliphatic rings. The molecule has 0 radical (unpaired) electrons. The summed E-state index contributed by atoms with van der Waals surface area (Å²) in [6, 6.07) is 24.6. The highest BCUT2D eigenvalue weighted by atomic mass is 79.9. The molecular weight excluding hydrogens is 476 g/mol. The summed E-state index contributed by atoms with van der Waals surface area (Å²) < 4.78 is 0.894. The quantitative estimate of drug-likeness (QED) is 0.482. The molecule has 1 aliphatic heterocycles. The number of rotatable bonds is 6. The molecule has 158 valence electrons. The fraction of sp³-hybridized carbons (Fsp3) is 0.200. The molecule has 0 bridgehead atoms. The Hall–Kier alpha value is -2.63. The molecule has 1 saturated heterocycles. The van der Waals surface area contributed by atoms with E-state index in [1.54, 1.807) is 0 Å². The van der Waals surface area contributed by atoms with Crippen molar-refractivity contribution in [3.05, 3.63) is 105 Å². The highest BCUT2D eigenvalue weighted by Gasteiger charge is 2.39. The van der Waals surface area contributed by atoms with E-state index in [4.69, 9.17) is 11.6 Å². The number of benzene rings is 3. The highest BCUT2D eigenvalue weighted by Crippen LogP contribution is 2.29. The van der Waals surface area contributed by atoms with Crippen LogP contribution in [0.1, 0.15) is 22.6 Å². The first-order valence-corrected chi connectivity index (χ1v) is 11.3. The predicted octanol–water partition coefficient (Wildman–Crippen LogP) is 5.59. The van der Waals surface area contributed by atoms with Gasteiger partial charge in [0.25, 0.3) is 0 Å². The van der Waals surface area contributed by atoms with E-state index in [2.05, 4.69) is 21.2 Å². The zero-order chi connectivity index (χ0) is 21.8. The maximum Gasteiger partial charge on any atom is 0.324 e. The Labute approximate surface area is 195 Å². The number of hydrogen-bond donors (Lipinski definition) is 1. The second-order valence-electron chi connectivity index (χ2n) is 7.68. The standard InChI is InChI=1S/C25H22BrClN2O2/c26-20-8-4-7-19(15-20)23(14-18-9-11-21(27)12-10-18)24(30)29-22(16-28-25(29)31)13-17-5-2-1-3-6-17/h1-12,15,22-23H,13-14,16H2,(H,28,31)/t22-,23-/m0/s1. The lowest BCUT2D eigenvalue weighted by molar-refractivity contribution is -0.130. The van der Waals surface area contributed by atoms with Crippen molar-refractivity contribution in [3.8, 4) is 0 Å². The molecule has 0 aromatic heterocycles. The third kappa shape index (κ3) is 5.17. The Kier molecular flexibility index (Phi) is 6.73. The number of urea groups is 1. The van der Waals surface area contributed by atoms with Crippen molar-refractivity contribution in [3.63, 3.8) is 0 Å². The first-order valence-electron chi connectivity index (χ1n) is 10.2. The SMILES string of the molecule is O=C1NC[C@H](Cc2ccccc2)N1C(=O)[C@@H](Cc1ccc(Cl)cc1)c1cccc(Br)c1. The van der Waals surface area contributed by atoms with E-state index in [-0.39, 0.29) is 18.0 Å². The topological polar surface area (TPSA) is 49.4 Å². The Morgan fingerprint density at radius 3 is 2.48 bits per heavy atom. The predicted molar refractivity (Wildman–Crippen MR) is 126 cm³/mol. The van der Waals surface area contributed by atoms with E-state index in [0.717, 1.165) is 21.2 Å². The smallest absolute Gasteiger partial charge is 0.324 e. The molecule has 0 unspecified atom stereocenters. The molecule has 0 aliphatic carbocycles. The summed E-state index contributed by atoms with van der Waals surface area (Å²) in [5.74, 6) is -0.676. The summed E-state index contributed by atoms with van der Waals surface area (Å²) in [5.41, 5.74) is 2.95. The molecule has 1 fully saturated rings. The summed E-state index contributed by atoms with van der Waals surface area (Å²) in [7, 11) is 0. The van der Waals surface area contributed by atoms with Crippen molar-refractivity contribution in [2.24, 2.45) is 0 Å². The van der Waals surface area contributed by atoms with Crippen LogP contribution in [0.25, 0.3) is 0 Å². The van der Waals surface area contributed by atoms with Gasteiger partial charge in [-0.2, -0.15) is 0 Å². The van der Waals surface area contributed by atoms with E-state index in [9.17, 15) is 9.59 Å². The van der Waals surface area contributed by atoms with Crippen LogP contribution < -0.4 is 5.32 Å². The van der Waals surface area contributed by atoms with E-state index >= 15 is 0 Å². The second kappa shape index (κ2) is 9.67. The Balaban J connectivity index is 1.64. The van der Waals surface area contributed by atoms with Gasteiger partial charge in [0.1, 0.15) is 0 Å². The van der Waals surface area contributed by atoms with Crippen LogP contribution in [0.15, 0.2) is 83.3 Å². The fourth-order valence-corrected chi connectivity index (χ4v) is 4.52. The van der Waals surface area contributed by atoms with Gasteiger partial charge in [0.2, 0.25) is 5.91 Å². The average molecular weight is 498 g/mol. The van der Waals surface area contributed by atoms with Gasteiger partial charge in [0, 0.05) is 16.0 Å². The molecule has 4 nitrogen and oxygen atoms in total. The highest BCUT2D eigenvalue weighted by molar-refractivity contribution is 9.10. The van der Waals surface area contributed by atoms with Crippen LogP contribution in [-0.2, 0) is 17.6 Å². The number of halogens is 2. The first kappa shape index (κ1) is 21.6. The maximum atomic E-state index is 13.8. The van der Waals surface area contributed by atoms with Gasteiger partial charge in [-0.1, -0.05) is 82.1 Å². The fourth-order valence-electron chi connectivity index (χ4n) is 3.97. The van der Waals surface area contributed by atoms with Crippen molar-refractivity contribution in [1.82, 2.24) is 10.2 Å². The van der Waals surface area contributed by atoms with Crippen LogP contribution in [0, 0.1) is 0 Å². The lowest BCUT2D eigenvalue weighted by atomic mass is 9.90. The van der Waals surface area contributed by atoms with E-state index < -0.39 is 5.92 Å². The van der Waals surface area contributed by atoms with Gasteiger partial charge < -0.3 is 5.32 Å². The van der Waals surface area contributed by atoms with Gasteiger partial charge in [-0.05, 0) is 53.8 Å². The van der Waals surface area contributed by atoms with Gasteiger partial charge >= 0.3 is 6.03 Å². The van der Waals surface area contributed by atoms with Crippen LogP contribution in [-0.4, -0.2) is 29.4 Å². The van der Waals surface area contributed by atoms with Gasteiger partial charge in [-0.15, -0.1) is 0 Å². The first-order chi connectivity index (χ1) is 15.0. The van der Waals surface area contributed by atoms with Gasteiger partial charge in [-0.25, -0.2) is 4.79 Å². The van der Waals surface area contributed by atoms with Crippen molar-refractivity contribution in [2.45, 2.75) is 24.8 Å². The maximum absolute atomic E-state index is 13.8. The molecule has 0 saturated carbocycles. The van der Waals surface area contributed by atoms with E-state index in [0.29, 0.717) is 24.4 Å². The van der Waals surface area contributed by atoms with Crippen LogP contribution in [0.3, 0.4) is 0 Å². The minimum Gasteiger partial charge on any atom is -0.336 e. The monoisotopic (exact) mass is 496 g/mol.